The molecule has 2 fully saturated rings. The molecule has 1 aromatic rings. The van der Waals surface area contributed by atoms with Crippen LogP contribution in [-0.4, -0.2) is 70.7 Å². The maximum absolute atomic E-state index is 12.5. The Kier molecular flexibility index (Phi) is 4.59. The molecule has 0 saturated carbocycles. The van der Waals surface area contributed by atoms with Crippen LogP contribution in [0, 0.1) is 0 Å². The Morgan fingerprint density at radius 1 is 1.45 bits per heavy atom. The summed E-state index contributed by atoms with van der Waals surface area (Å²) in [6.45, 7) is 5.81. The first-order chi connectivity index (χ1) is 10.7. The van der Waals surface area contributed by atoms with E-state index in [1.165, 1.54) is 12.3 Å². The number of piperazine rings is 1. The van der Waals surface area contributed by atoms with Gasteiger partial charge in [-0.2, -0.15) is 0 Å². The van der Waals surface area contributed by atoms with Crippen molar-refractivity contribution in [2.24, 2.45) is 0 Å². The van der Waals surface area contributed by atoms with E-state index in [1.807, 2.05) is 0 Å². The van der Waals surface area contributed by atoms with Crippen LogP contribution in [0.1, 0.15) is 30.3 Å². The topological polar surface area (TPSA) is 65.9 Å². The highest BCUT2D eigenvalue weighted by Crippen LogP contribution is 2.23. The Bertz CT molecular complexity index is 535. The Morgan fingerprint density at radius 3 is 3.09 bits per heavy atom. The third-order valence-electron chi connectivity index (χ3n) is 4.52. The molecule has 6 heteroatoms. The van der Waals surface area contributed by atoms with E-state index >= 15 is 0 Å². The van der Waals surface area contributed by atoms with E-state index in [2.05, 4.69) is 16.8 Å². The first-order valence-corrected chi connectivity index (χ1v) is 7.97. The molecule has 120 valence electrons. The molecule has 0 unspecified atom stereocenters. The van der Waals surface area contributed by atoms with Crippen molar-refractivity contribution in [3.8, 4) is 5.75 Å². The zero-order valence-corrected chi connectivity index (χ0v) is 12.9. The van der Waals surface area contributed by atoms with E-state index < -0.39 is 0 Å². The summed E-state index contributed by atoms with van der Waals surface area (Å²) in [7, 11) is 0. The zero-order chi connectivity index (χ0) is 15.5. The van der Waals surface area contributed by atoms with Crippen LogP contribution in [0.4, 0.5) is 0 Å². The molecule has 0 radical (unpaired) electrons. The van der Waals surface area contributed by atoms with E-state index in [0.29, 0.717) is 25.7 Å². The maximum atomic E-state index is 12.5. The highest BCUT2D eigenvalue weighted by atomic mass is 16.5. The van der Waals surface area contributed by atoms with Gasteiger partial charge < -0.3 is 14.7 Å². The van der Waals surface area contributed by atoms with Gasteiger partial charge in [-0.3, -0.25) is 9.69 Å². The largest absolute Gasteiger partial charge is 0.505 e. The normalized spacial score (nSPS) is 25.8. The van der Waals surface area contributed by atoms with E-state index in [0.717, 1.165) is 26.0 Å². The van der Waals surface area contributed by atoms with Gasteiger partial charge in [-0.05, 0) is 18.6 Å². The second kappa shape index (κ2) is 6.62. The van der Waals surface area contributed by atoms with Crippen molar-refractivity contribution in [1.82, 2.24) is 14.8 Å². The second-order valence-electron chi connectivity index (χ2n) is 5.99. The number of hydrogen-bond donors (Lipinski definition) is 1. The van der Waals surface area contributed by atoms with Crippen molar-refractivity contribution < 1.29 is 14.6 Å². The Labute approximate surface area is 130 Å². The molecule has 22 heavy (non-hydrogen) atoms. The highest BCUT2D eigenvalue weighted by molar-refractivity contribution is 5.94. The minimum Gasteiger partial charge on any atom is -0.505 e. The van der Waals surface area contributed by atoms with Crippen molar-refractivity contribution in [2.75, 3.05) is 32.8 Å². The SMILES string of the molecule is CCC[C@H]1COC[C@H]2CN(C(=O)c3ncccc3O)CCN12. The van der Waals surface area contributed by atoms with Crippen molar-refractivity contribution in [3.05, 3.63) is 24.0 Å². The van der Waals surface area contributed by atoms with Crippen LogP contribution in [0.3, 0.4) is 0 Å². The number of pyridine rings is 1. The van der Waals surface area contributed by atoms with Gasteiger partial charge in [0.1, 0.15) is 5.75 Å². The lowest BCUT2D eigenvalue weighted by atomic mass is 10.0. The van der Waals surface area contributed by atoms with Gasteiger partial charge in [0.25, 0.3) is 5.91 Å². The number of morpholine rings is 1. The molecule has 0 spiro atoms. The van der Waals surface area contributed by atoms with Crippen molar-refractivity contribution in [3.63, 3.8) is 0 Å². The highest BCUT2D eigenvalue weighted by Gasteiger charge is 2.37. The number of aromatic hydroxyl groups is 1. The summed E-state index contributed by atoms with van der Waals surface area (Å²) in [6, 6.07) is 3.82. The third-order valence-corrected chi connectivity index (χ3v) is 4.52. The van der Waals surface area contributed by atoms with Gasteiger partial charge in [0.15, 0.2) is 5.69 Å². The molecule has 6 nitrogen and oxygen atoms in total. The Balaban J connectivity index is 1.69. The van der Waals surface area contributed by atoms with Gasteiger partial charge in [0.2, 0.25) is 0 Å². The number of ether oxygens (including phenoxy) is 1. The molecule has 1 amide bonds. The minimum absolute atomic E-state index is 0.0568. The van der Waals surface area contributed by atoms with Gasteiger partial charge >= 0.3 is 0 Å². The summed E-state index contributed by atoms with van der Waals surface area (Å²) in [4.78, 5) is 20.8. The monoisotopic (exact) mass is 305 g/mol. The van der Waals surface area contributed by atoms with Gasteiger partial charge in [0, 0.05) is 31.9 Å². The molecule has 0 bridgehead atoms. The van der Waals surface area contributed by atoms with Crippen LogP contribution in [0.2, 0.25) is 0 Å². The van der Waals surface area contributed by atoms with Crippen molar-refractivity contribution >= 4 is 5.91 Å². The van der Waals surface area contributed by atoms with Crippen LogP contribution < -0.4 is 0 Å². The van der Waals surface area contributed by atoms with Crippen molar-refractivity contribution in [2.45, 2.75) is 31.8 Å². The number of aromatic nitrogens is 1. The molecular weight excluding hydrogens is 282 g/mol. The van der Waals surface area contributed by atoms with Crippen LogP contribution in [-0.2, 0) is 4.74 Å². The fourth-order valence-corrected chi connectivity index (χ4v) is 3.41. The number of nitrogens with zero attached hydrogens (tertiary/aromatic N) is 3. The Morgan fingerprint density at radius 2 is 2.32 bits per heavy atom. The van der Waals surface area contributed by atoms with Gasteiger partial charge in [-0.25, -0.2) is 4.98 Å². The van der Waals surface area contributed by atoms with Crippen LogP contribution >= 0.6 is 0 Å². The zero-order valence-electron chi connectivity index (χ0n) is 12.9. The number of carbonyl (C=O) groups is 1. The van der Waals surface area contributed by atoms with E-state index in [4.69, 9.17) is 4.74 Å². The van der Waals surface area contributed by atoms with Crippen molar-refractivity contribution in [1.29, 1.82) is 0 Å². The lowest BCUT2D eigenvalue weighted by Gasteiger charge is -2.47. The average Bonchev–Trinajstić information content (AvgIpc) is 2.55. The molecule has 3 rings (SSSR count). The lowest BCUT2D eigenvalue weighted by molar-refractivity contribution is -0.0777. The lowest BCUT2D eigenvalue weighted by Crippen LogP contribution is -2.62. The van der Waals surface area contributed by atoms with Gasteiger partial charge in [-0.15, -0.1) is 0 Å². The number of carbonyl (C=O) groups excluding carboxylic acids is 1. The first-order valence-electron chi connectivity index (χ1n) is 7.97. The molecule has 2 aliphatic heterocycles. The minimum atomic E-state index is -0.199. The number of hydrogen-bond acceptors (Lipinski definition) is 5. The van der Waals surface area contributed by atoms with Gasteiger partial charge in [-0.1, -0.05) is 13.3 Å². The van der Waals surface area contributed by atoms with Crippen LogP contribution in [0.15, 0.2) is 18.3 Å². The first kappa shape index (κ1) is 15.2. The molecule has 2 saturated heterocycles. The van der Waals surface area contributed by atoms with Gasteiger partial charge in [0.05, 0.1) is 19.3 Å². The molecule has 1 N–H and O–H groups in total. The molecule has 1 aromatic heterocycles. The predicted octanol–water partition coefficient (Wildman–Crippen LogP) is 1.11. The predicted molar refractivity (Wildman–Crippen MR) is 81.8 cm³/mol. The maximum Gasteiger partial charge on any atom is 0.276 e. The molecule has 2 atom stereocenters. The van der Waals surface area contributed by atoms with E-state index in [-0.39, 0.29) is 23.4 Å². The quantitative estimate of drug-likeness (QED) is 0.906. The third kappa shape index (κ3) is 2.94. The van der Waals surface area contributed by atoms with Crippen LogP contribution in [0.5, 0.6) is 5.75 Å². The fraction of sp³-hybridized carbons (Fsp3) is 0.625. The number of rotatable bonds is 3. The summed E-state index contributed by atoms with van der Waals surface area (Å²) in [5.41, 5.74) is 0.137. The second-order valence-corrected chi connectivity index (χ2v) is 5.99. The fourth-order valence-electron chi connectivity index (χ4n) is 3.41. The molecule has 3 heterocycles. The molecule has 2 aliphatic rings. The Hall–Kier alpha value is -1.66. The summed E-state index contributed by atoms with van der Waals surface area (Å²) >= 11 is 0. The summed E-state index contributed by atoms with van der Waals surface area (Å²) in [5.74, 6) is -0.256. The smallest absolute Gasteiger partial charge is 0.276 e. The van der Waals surface area contributed by atoms with E-state index in [9.17, 15) is 9.90 Å². The molecular formula is C16H23N3O3. The summed E-state index contributed by atoms with van der Waals surface area (Å²) in [5, 5.41) is 9.81. The van der Waals surface area contributed by atoms with E-state index in [1.54, 1.807) is 11.0 Å². The average molecular weight is 305 g/mol. The number of fused-ring (bicyclic) bond motifs is 1. The number of amides is 1. The molecule has 0 aromatic carbocycles. The van der Waals surface area contributed by atoms with Crippen LogP contribution in [0.25, 0.3) is 0 Å². The molecule has 0 aliphatic carbocycles. The standard InChI is InChI=1S/C16H23N3O3/c1-2-4-12-10-22-11-13-9-18(7-8-19(12)13)16(21)15-14(20)5-3-6-17-15/h3,5-6,12-13,20H,2,4,7-11H2,1H3/t12-,13+/m0/s1. The summed E-state index contributed by atoms with van der Waals surface area (Å²) < 4.78 is 5.72. The summed E-state index contributed by atoms with van der Waals surface area (Å²) in [6.07, 6.45) is 3.80.